The van der Waals surface area contributed by atoms with Gasteiger partial charge in [-0.15, -0.1) is 0 Å². The Morgan fingerprint density at radius 2 is 2.16 bits per heavy atom. The standard InChI is InChI=1S/C14H18N4O/c1-18(14-6-7-16-13(9-15)17-14)10-11-4-3-5-12(8-11)19-2/h3-8H,9-10,15H2,1-2H3. The van der Waals surface area contributed by atoms with E-state index in [9.17, 15) is 0 Å². The molecule has 0 spiro atoms. The van der Waals surface area contributed by atoms with Crippen LogP contribution >= 0.6 is 0 Å². The molecule has 5 heteroatoms. The average molecular weight is 258 g/mol. The van der Waals surface area contributed by atoms with Gasteiger partial charge in [0.1, 0.15) is 17.4 Å². The summed E-state index contributed by atoms with van der Waals surface area (Å²) in [7, 11) is 3.66. The number of ether oxygens (including phenoxy) is 1. The Bertz CT molecular complexity index is 544. The van der Waals surface area contributed by atoms with E-state index in [4.69, 9.17) is 10.5 Å². The summed E-state index contributed by atoms with van der Waals surface area (Å²) in [6, 6.07) is 9.86. The van der Waals surface area contributed by atoms with E-state index in [-0.39, 0.29) is 0 Å². The Labute approximate surface area is 113 Å². The summed E-state index contributed by atoms with van der Waals surface area (Å²) in [6.45, 7) is 1.10. The van der Waals surface area contributed by atoms with Crippen molar-refractivity contribution in [2.75, 3.05) is 19.1 Å². The molecule has 2 N–H and O–H groups in total. The lowest BCUT2D eigenvalue weighted by Crippen LogP contribution is -2.19. The van der Waals surface area contributed by atoms with E-state index in [0.29, 0.717) is 12.4 Å². The number of hydrogen-bond acceptors (Lipinski definition) is 5. The largest absolute Gasteiger partial charge is 0.497 e. The maximum absolute atomic E-state index is 5.55. The van der Waals surface area contributed by atoms with Crippen LogP contribution in [0.4, 0.5) is 5.82 Å². The quantitative estimate of drug-likeness (QED) is 0.882. The summed E-state index contributed by atoms with van der Waals surface area (Å²) in [5.41, 5.74) is 6.71. The third-order valence-electron chi connectivity index (χ3n) is 2.82. The highest BCUT2D eigenvalue weighted by molar-refractivity contribution is 5.39. The number of nitrogens with two attached hydrogens (primary N) is 1. The Kier molecular flexibility index (Phi) is 4.30. The molecule has 100 valence electrons. The fourth-order valence-electron chi connectivity index (χ4n) is 1.82. The molecule has 19 heavy (non-hydrogen) atoms. The Balaban J connectivity index is 2.13. The number of hydrogen-bond donors (Lipinski definition) is 1. The lowest BCUT2D eigenvalue weighted by molar-refractivity contribution is 0.414. The summed E-state index contributed by atoms with van der Waals surface area (Å²) in [5.74, 6) is 2.37. The van der Waals surface area contributed by atoms with Gasteiger partial charge in [0, 0.05) is 19.8 Å². The van der Waals surface area contributed by atoms with E-state index < -0.39 is 0 Å². The molecule has 0 fully saturated rings. The molecule has 0 saturated carbocycles. The molecule has 0 unspecified atom stereocenters. The number of benzene rings is 1. The zero-order valence-corrected chi connectivity index (χ0v) is 11.2. The Morgan fingerprint density at radius 1 is 1.32 bits per heavy atom. The number of aromatic nitrogens is 2. The van der Waals surface area contributed by atoms with Crippen LogP contribution in [0, 0.1) is 0 Å². The first-order valence-corrected chi connectivity index (χ1v) is 6.09. The minimum Gasteiger partial charge on any atom is -0.497 e. The minimum atomic E-state index is 0.348. The molecule has 2 aromatic rings. The maximum atomic E-state index is 5.55. The summed E-state index contributed by atoms with van der Waals surface area (Å²) in [5, 5.41) is 0. The van der Waals surface area contributed by atoms with Gasteiger partial charge in [-0.1, -0.05) is 12.1 Å². The first kappa shape index (κ1) is 13.3. The first-order valence-electron chi connectivity index (χ1n) is 6.09. The first-order chi connectivity index (χ1) is 9.22. The third kappa shape index (κ3) is 3.42. The van der Waals surface area contributed by atoms with Gasteiger partial charge >= 0.3 is 0 Å². The highest BCUT2D eigenvalue weighted by Crippen LogP contribution is 2.16. The monoisotopic (exact) mass is 258 g/mol. The second-order valence-corrected chi connectivity index (χ2v) is 4.24. The van der Waals surface area contributed by atoms with Crippen LogP contribution in [0.1, 0.15) is 11.4 Å². The molecular weight excluding hydrogens is 240 g/mol. The second-order valence-electron chi connectivity index (χ2n) is 4.24. The Morgan fingerprint density at radius 3 is 2.89 bits per heavy atom. The van der Waals surface area contributed by atoms with Crippen molar-refractivity contribution < 1.29 is 4.74 Å². The highest BCUT2D eigenvalue weighted by Gasteiger charge is 2.05. The lowest BCUT2D eigenvalue weighted by atomic mass is 10.2. The zero-order chi connectivity index (χ0) is 13.7. The SMILES string of the molecule is COc1cccc(CN(C)c2ccnc(CN)n2)c1. The molecule has 1 aromatic carbocycles. The van der Waals surface area contributed by atoms with Gasteiger partial charge in [-0.2, -0.15) is 0 Å². The molecule has 0 aliphatic rings. The number of methoxy groups -OCH3 is 1. The van der Waals surface area contributed by atoms with Crippen molar-refractivity contribution in [2.24, 2.45) is 5.73 Å². The van der Waals surface area contributed by atoms with Crippen molar-refractivity contribution in [3.63, 3.8) is 0 Å². The van der Waals surface area contributed by atoms with Crippen molar-refractivity contribution in [3.8, 4) is 5.75 Å². The van der Waals surface area contributed by atoms with E-state index in [0.717, 1.165) is 23.7 Å². The van der Waals surface area contributed by atoms with E-state index >= 15 is 0 Å². The molecule has 0 bridgehead atoms. The van der Waals surface area contributed by atoms with Crippen LogP contribution in [0.25, 0.3) is 0 Å². The lowest BCUT2D eigenvalue weighted by Gasteiger charge is -2.18. The van der Waals surface area contributed by atoms with Gasteiger partial charge in [0.2, 0.25) is 0 Å². The zero-order valence-electron chi connectivity index (χ0n) is 11.2. The van der Waals surface area contributed by atoms with Gasteiger partial charge in [0.05, 0.1) is 13.7 Å². The summed E-state index contributed by atoms with van der Waals surface area (Å²) in [4.78, 5) is 10.5. The van der Waals surface area contributed by atoms with Crippen molar-refractivity contribution in [1.82, 2.24) is 9.97 Å². The molecule has 0 radical (unpaired) electrons. The van der Waals surface area contributed by atoms with Crippen LogP contribution in [-0.4, -0.2) is 24.1 Å². The van der Waals surface area contributed by atoms with Crippen LogP contribution in [-0.2, 0) is 13.1 Å². The van der Waals surface area contributed by atoms with E-state index in [1.54, 1.807) is 13.3 Å². The normalized spacial score (nSPS) is 10.3. The predicted molar refractivity (Wildman–Crippen MR) is 75.0 cm³/mol. The molecular formula is C14H18N4O. The van der Waals surface area contributed by atoms with Crippen molar-refractivity contribution in [2.45, 2.75) is 13.1 Å². The van der Waals surface area contributed by atoms with Gasteiger partial charge in [0.25, 0.3) is 0 Å². The van der Waals surface area contributed by atoms with Crippen LogP contribution in [0.2, 0.25) is 0 Å². The minimum absolute atomic E-state index is 0.348. The third-order valence-corrected chi connectivity index (χ3v) is 2.82. The molecule has 0 amide bonds. The number of nitrogens with zero attached hydrogens (tertiary/aromatic N) is 3. The van der Waals surface area contributed by atoms with Gasteiger partial charge in [-0.05, 0) is 23.8 Å². The van der Waals surface area contributed by atoms with Gasteiger partial charge < -0.3 is 15.4 Å². The topological polar surface area (TPSA) is 64.3 Å². The molecule has 1 aromatic heterocycles. The van der Waals surface area contributed by atoms with E-state index in [1.807, 2.05) is 31.3 Å². The number of rotatable bonds is 5. The summed E-state index contributed by atoms with van der Waals surface area (Å²) < 4.78 is 5.22. The molecule has 0 aliphatic heterocycles. The fourth-order valence-corrected chi connectivity index (χ4v) is 1.82. The number of anilines is 1. The van der Waals surface area contributed by atoms with E-state index in [2.05, 4.69) is 20.9 Å². The summed E-state index contributed by atoms with van der Waals surface area (Å²) in [6.07, 6.45) is 1.73. The molecule has 2 rings (SSSR count). The van der Waals surface area contributed by atoms with Crippen LogP contribution in [0.5, 0.6) is 5.75 Å². The van der Waals surface area contributed by atoms with Crippen LogP contribution in [0.3, 0.4) is 0 Å². The molecule has 1 heterocycles. The second kappa shape index (κ2) is 6.15. The smallest absolute Gasteiger partial charge is 0.144 e. The fraction of sp³-hybridized carbons (Fsp3) is 0.286. The maximum Gasteiger partial charge on any atom is 0.144 e. The van der Waals surface area contributed by atoms with Crippen LogP contribution in [0.15, 0.2) is 36.5 Å². The summed E-state index contributed by atoms with van der Waals surface area (Å²) >= 11 is 0. The van der Waals surface area contributed by atoms with E-state index in [1.165, 1.54) is 0 Å². The molecule has 5 nitrogen and oxygen atoms in total. The molecule has 0 aliphatic carbocycles. The van der Waals surface area contributed by atoms with Crippen molar-refractivity contribution >= 4 is 5.82 Å². The van der Waals surface area contributed by atoms with Crippen LogP contribution < -0.4 is 15.4 Å². The van der Waals surface area contributed by atoms with Crippen molar-refractivity contribution in [3.05, 3.63) is 47.9 Å². The van der Waals surface area contributed by atoms with Crippen molar-refractivity contribution in [1.29, 1.82) is 0 Å². The van der Waals surface area contributed by atoms with Gasteiger partial charge in [-0.25, -0.2) is 9.97 Å². The van der Waals surface area contributed by atoms with Gasteiger partial charge in [-0.3, -0.25) is 0 Å². The van der Waals surface area contributed by atoms with Gasteiger partial charge in [0.15, 0.2) is 0 Å². The molecule has 0 atom stereocenters. The predicted octanol–water partition coefficient (Wildman–Crippen LogP) is 1.58. The average Bonchev–Trinajstić information content (AvgIpc) is 2.47. The highest BCUT2D eigenvalue weighted by atomic mass is 16.5. The Hall–Kier alpha value is -2.14. The molecule has 0 saturated heterocycles.